The Hall–Kier alpha value is -2.24. The van der Waals surface area contributed by atoms with Crippen LogP contribution in [-0.4, -0.2) is 50.1 Å². The quantitative estimate of drug-likeness (QED) is 0.714. The zero-order valence-corrected chi connectivity index (χ0v) is 14.1. The van der Waals surface area contributed by atoms with Crippen LogP contribution in [0.5, 0.6) is 11.5 Å². The number of ether oxygens (including phenoxy) is 2. The molecule has 0 atom stereocenters. The number of hydrogen-bond acceptors (Lipinski definition) is 4. The highest BCUT2D eigenvalue weighted by Crippen LogP contribution is 2.16. The smallest absolute Gasteiger partial charge is 0.220 e. The van der Waals surface area contributed by atoms with E-state index in [9.17, 15) is 9.59 Å². The van der Waals surface area contributed by atoms with Gasteiger partial charge in [0.2, 0.25) is 11.8 Å². The van der Waals surface area contributed by atoms with E-state index in [1.165, 1.54) is 6.92 Å². The molecule has 6 nitrogen and oxygen atoms in total. The van der Waals surface area contributed by atoms with Crippen molar-refractivity contribution in [2.45, 2.75) is 26.7 Å². The van der Waals surface area contributed by atoms with Crippen molar-refractivity contribution in [3.05, 3.63) is 24.3 Å². The first-order valence-electron chi connectivity index (χ1n) is 7.86. The van der Waals surface area contributed by atoms with E-state index in [-0.39, 0.29) is 11.8 Å². The van der Waals surface area contributed by atoms with Gasteiger partial charge in [0.25, 0.3) is 0 Å². The Morgan fingerprint density at radius 1 is 1.13 bits per heavy atom. The van der Waals surface area contributed by atoms with Gasteiger partial charge in [0.05, 0.1) is 13.7 Å². The minimum Gasteiger partial charge on any atom is -0.497 e. The van der Waals surface area contributed by atoms with E-state index in [2.05, 4.69) is 5.32 Å². The molecule has 0 saturated heterocycles. The molecule has 0 spiro atoms. The molecule has 128 valence electrons. The van der Waals surface area contributed by atoms with Crippen LogP contribution in [0.15, 0.2) is 24.3 Å². The molecular weight excluding hydrogens is 296 g/mol. The van der Waals surface area contributed by atoms with Crippen LogP contribution in [0, 0.1) is 0 Å². The fourth-order valence-electron chi connectivity index (χ4n) is 2.02. The Morgan fingerprint density at radius 3 is 2.35 bits per heavy atom. The molecule has 6 heteroatoms. The fourth-order valence-corrected chi connectivity index (χ4v) is 2.02. The number of rotatable bonds is 10. The van der Waals surface area contributed by atoms with E-state index in [0.29, 0.717) is 32.7 Å². The number of benzene rings is 1. The molecule has 23 heavy (non-hydrogen) atoms. The maximum absolute atomic E-state index is 11.6. The van der Waals surface area contributed by atoms with Gasteiger partial charge in [0, 0.05) is 26.4 Å². The number of amides is 2. The fraction of sp³-hybridized carbons (Fsp3) is 0.529. The van der Waals surface area contributed by atoms with Crippen LogP contribution in [0.4, 0.5) is 0 Å². The first-order valence-corrected chi connectivity index (χ1v) is 7.86. The summed E-state index contributed by atoms with van der Waals surface area (Å²) >= 11 is 0. The lowest BCUT2D eigenvalue weighted by Crippen LogP contribution is -2.39. The van der Waals surface area contributed by atoms with Gasteiger partial charge in [-0.1, -0.05) is 6.92 Å². The van der Waals surface area contributed by atoms with Gasteiger partial charge < -0.3 is 19.7 Å². The van der Waals surface area contributed by atoms with Crippen LogP contribution < -0.4 is 14.8 Å². The first-order chi connectivity index (χ1) is 11.1. The summed E-state index contributed by atoms with van der Waals surface area (Å²) in [5, 5.41) is 2.80. The van der Waals surface area contributed by atoms with Crippen LogP contribution in [0.25, 0.3) is 0 Å². The van der Waals surface area contributed by atoms with Gasteiger partial charge in [-0.25, -0.2) is 0 Å². The molecule has 0 saturated carbocycles. The zero-order chi connectivity index (χ0) is 17.1. The number of hydrogen-bond donors (Lipinski definition) is 1. The predicted molar refractivity (Wildman–Crippen MR) is 88.7 cm³/mol. The second-order valence-corrected chi connectivity index (χ2v) is 5.13. The second kappa shape index (κ2) is 10.5. The monoisotopic (exact) mass is 322 g/mol. The minimum absolute atomic E-state index is 0.0190. The van der Waals surface area contributed by atoms with Crippen molar-refractivity contribution in [1.29, 1.82) is 0 Å². The molecule has 0 aromatic heterocycles. The number of carbonyl (C=O) groups excluding carboxylic acids is 2. The summed E-state index contributed by atoms with van der Waals surface area (Å²) < 4.78 is 10.7. The van der Waals surface area contributed by atoms with Gasteiger partial charge in [0.15, 0.2) is 0 Å². The van der Waals surface area contributed by atoms with Gasteiger partial charge in [0.1, 0.15) is 18.1 Å². The second-order valence-electron chi connectivity index (χ2n) is 5.13. The van der Waals surface area contributed by atoms with E-state index in [4.69, 9.17) is 9.47 Å². The average molecular weight is 322 g/mol. The lowest BCUT2D eigenvalue weighted by atomic mass is 10.3. The molecule has 1 rings (SSSR count). The van der Waals surface area contributed by atoms with Crippen molar-refractivity contribution >= 4 is 11.8 Å². The normalized spacial score (nSPS) is 10.0. The Labute approximate surface area is 137 Å². The highest BCUT2D eigenvalue weighted by Gasteiger charge is 2.09. The van der Waals surface area contributed by atoms with Gasteiger partial charge >= 0.3 is 0 Å². The average Bonchev–Trinajstić information content (AvgIpc) is 2.54. The first kappa shape index (κ1) is 18.8. The van der Waals surface area contributed by atoms with E-state index in [0.717, 1.165) is 17.9 Å². The summed E-state index contributed by atoms with van der Waals surface area (Å²) in [4.78, 5) is 24.7. The van der Waals surface area contributed by atoms with E-state index < -0.39 is 0 Å². The molecule has 0 unspecified atom stereocenters. The standard InChI is InChI=1S/C17H26N2O4/c1-4-5-17(21)18-10-11-19(14(2)20)12-13-23-16-8-6-15(22-3)7-9-16/h6-9H,4-5,10-13H2,1-3H3,(H,18,21). The third-order valence-corrected chi connectivity index (χ3v) is 3.32. The number of methoxy groups -OCH3 is 1. The van der Waals surface area contributed by atoms with Crippen LogP contribution in [0.3, 0.4) is 0 Å². The number of carbonyl (C=O) groups is 2. The lowest BCUT2D eigenvalue weighted by molar-refractivity contribution is -0.129. The molecule has 2 amide bonds. The van der Waals surface area contributed by atoms with Crippen molar-refractivity contribution < 1.29 is 19.1 Å². The molecular formula is C17H26N2O4. The summed E-state index contributed by atoms with van der Waals surface area (Å²) in [5.41, 5.74) is 0. The zero-order valence-electron chi connectivity index (χ0n) is 14.1. The maximum atomic E-state index is 11.6. The van der Waals surface area contributed by atoms with Crippen molar-refractivity contribution in [1.82, 2.24) is 10.2 Å². The van der Waals surface area contributed by atoms with Gasteiger partial charge in [-0.05, 0) is 30.7 Å². The highest BCUT2D eigenvalue weighted by atomic mass is 16.5. The summed E-state index contributed by atoms with van der Waals surface area (Å²) in [6.45, 7) is 5.29. The predicted octanol–water partition coefficient (Wildman–Crippen LogP) is 1.84. The lowest BCUT2D eigenvalue weighted by Gasteiger charge is -2.21. The molecule has 0 aliphatic heterocycles. The van der Waals surface area contributed by atoms with Gasteiger partial charge in [-0.2, -0.15) is 0 Å². The Kier molecular flexibility index (Phi) is 8.57. The largest absolute Gasteiger partial charge is 0.497 e. The van der Waals surface area contributed by atoms with E-state index in [1.807, 2.05) is 31.2 Å². The van der Waals surface area contributed by atoms with Gasteiger partial charge in [-0.3, -0.25) is 9.59 Å². The third-order valence-electron chi connectivity index (χ3n) is 3.32. The van der Waals surface area contributed by atoms with Gasteiger partial charge in [-0.15, -0.1) is 0 Å². The molecule has 0 fully saturated rings. The molecule has 0 bridgehead atoms. The van der Waals surface area contributed by atoms with Crippen LogP contribution in [0.2, 0.25) is 0 Å². The number of nitrogens with zero attached hydrogens (tertiary/aromatic N) is 1. The van der Waals surface area contributed by atoms with Crippen molar-refractivity contribution in [2.24, 2.45) is 0 Å². The summed E-state index contributed by atoms with van der Waals surface area (Å²) in [6.07, 6.45) is 1.33. The van der Waals surface area contributed by atoms with Crippen LogP contribution >= 0.6 is 0 Å². The Balaban J connectivity index is 2.32. The molecule has 1 N–H and O–H groups in total. The molecule has 0 heterocycles. The molecule has 0 radical (unpaired) electrons. The number of nitrogens with one attached hydrogen (secondary N) is 1. The third kappa shape index (κ3) is 7.54. The minimum atomic E-state index is -0.0342. The maximum Gasteiger partial charge on any atom is 0.220 e. The summed E-state index contributed by atoms with van der Waals surface area (Å²) in [5.74, 6) is 1.48. The summed E-state index contributed by atoms with van der Waals surface area (Å²) in [7, 11) is 1.61. The molecule has 1 aromatic carbocycles. The van der Waals surface area contributed by atoms with Crippen molar-refractivity contribution in [3.63, 3.8) is 0 Å². The highest BCUT2D eigenvalue weighted by molar-refractivity contribution is 5.76. The topological polar surface area (TPSA) is 67.9 Å². The molecule has 0 aliphatic rings. The van der Waals surface area contributed by atoms with Crippen LogP contribution in [-0.2, 0) is 9.59 Å². The molecule has 1 aromatic rings. The van der Waals surface area contributed by atoms with E-state index >= 15 is 0 Å². The molecule has 0 aliphatic carbocycles. The Morgan fingerprint density at radius 2 is 1.78 bits per heavy atom. The SMILES string of the molecule is CCCC(=O)NCCN(CCOc1ccc(OC)cc1)C(C)=O. The van der Waals surface area contributed by atoms with E-state index in [1.54, 1.807) is 12.0 Å². The Bertz CT molecular complexity index is 488. The van der Waals surface area contributed by atoms with Crippen molar-refractivity contribution in [2.75, 3.05) is 33.4 Å². The van der Waals surface area contributed by atoms with Crippen molar-refractivity contribution in [3.8, 4) is 11.5 Å². The van der Waals surface area contributed by atoms with Crippen LogP contribution in [0.1, 0.15) is 26.7 Å². The summed E-state index contributed by atoms with van der Waals surface area (Å²) in [6, 6.07) is 7.28.